The van der Waals surface area contributed by atoms with Gasteiger partial charge in [-0.2, -0.15) is 0 Å². The summed E-state index contributed by atoms with van der Waals surface area (Å²) in [4.78, 5) is 9.23. The van der Waals surface area contributed by atoms with Crippen LogP contribution in [0, 0.1) is 0 Å². The molecular weight excluding hydrogens is 234 g/mol. The molecule has 90 valence electrons. The van der Waals surface area contributed by atoms with Crippen LogP contribution in [-0.2, 0) is 18.6 Å². The van der Waals surface area contributed by atoms with Crippen molar-refractivity contribution in [3.8, 4) is 0 Å². The van der Waals surface area contributed by atoms with Gasteiger partial charge >= 0.3 is 7.60 Å². The van der Waals surface area contributed by atoms with Crippen molar-refractivity contribution < 1.29 is 28.6 Å². The number of fused-ring (bicyclic) bond motifs is 2. The normalized spacial score (nSPS) is 46.6. The van der Waals surface area contributed by atoms with Crippen LogP contribution in [0.2, 0.25) is 0 Å². The molecule has 2 heterocycles. The molecule has 0 amide bonds. The fraction of sp³-hybridized carbons (Fsp3) is 1.00. The quantitative estimate of drug-likeness (QED) is 0.504. The summed E-state index contributed by atoms with van der Waals surface area (Å²) in [6.07, 6.45) is -1.03. The monoisotopic (exact) mass is 248 g/mol. The van der Waals surface area contributed by atoms with E-state index in [1.165, 1.54) is 0 Å². The number of aliphatic hydroxyl groups excluding tert-OH is 1. The molecule has 2 aliphatic rings. The molecule has 3 unspecified atom stereocenters. The topological polar surface area (TPSA) is 85.2 Å². The molecule has 0 saturated carbocycles. The Kier molecular flexibility index (Phi) is 3.20. The molecule has 16 heavy (non-hydrogen) atoms. The zero-order valence-electron chi connectivity index (χ0n) is 8.91. The lowest BCUT2D eigenvalue weighted by Gasteiger charge is -2.37. The predicted octanol–water partition coefficient (Wildman–Crippen LogP) is -0.768. The minimum atomic E-state index is -3.68. The lowest BCUT2D eigenvalue weighted by atomic mass is 9.86. The van der Waals surface area contributed by atoms with Crippen molar-refractivity contribution in [2.45, 2.75) is 30.2 Å². The molecule has 6 nitrogen and oxygen atoms in total. The zero-order valence-corrected chi connectivity index (χ0v) is 9.80. The van der Waals surface area contributed by atoms with Gasteiger partial charge in [-0.25, -0.2) is 0 Å². The van der Waals surface area contributed by atoms with E-state index < -0.39 is 31.4 Å². The standard InChI is InChI=1S/C8H14BO6P/c1-16(11,12)15-6-5-7(9)14-8(6,4-10)2-3-13-5/h5-7,10H,2-4H2,1H3,(H,11,12)/t5?,6?,7-,8-/m1/s1. The Morgan fingerprint density at radius 3 is 2.94 bits per heavy atom. The van der Waals surface area contributed by atoms with Gasteiger partial charge in [-0.15, -0.1) is 0 Å². The van der Waals surface area contributed by atoms with Gasteiger partial charge in [-0.05, 0) is 0 Å². The van der Waals surface area contributed by atoms with Crippen LogP contribution in [-0.4, -0.2) is 61.5 Å². The maximum atomic E-state index is 11.3. The van der Waals surface area contributed by atoms with E-state index in [0.29, 0.717) is 13.0 Å². The summed E-state index contributed by atoms with van der Waals surface area (Å²) in [5.74, 6) is 0. The van der Waals surface area contributed by atoms with Gasteiger partial charge in [0.2, 0.25) is 0 Å². The highest BCUT2D eigenvalue weighted by Crippen LogP contribution is 2.48. The first-order valence-corrected chi connectivity index (χ1v) is 7.05. The van der Waals surface area contributed by atoms with E-state index in [0.717, 1.165) is 6.66 Å². The molecule has 2 fully saturated rings. The van der Waals surface area contributed by atoms with E-state index in [1.807, 2.05) is 0 Å². The second-order valence-corrected chi connectivity index (χ2v) is 6.04. The number of hydrogen-bond acceptors (Lipinski definition) is 5. The average molecular weight is 248 g/mol. The maximum Gasteiger partial charge on any atom is 0.325 e. The van der Waals surface area contributed by atoms with Crippen LogP contribution in [0.5, 0.6) is 0 Å². The molecule has 0 aliphatic carbocycles. The Morgan fingerprint density at radius 1 is 1.69 bits per heavy atom. The lowest BCUT2D eigenvalue weighted by molar-refractivity contribution is -0.130. The molecular formula is C8H14BO6P. The maximum absolute atomic E-state index is 11.3. The highest BCUT2D eigenvalue weighted by atomic mass is 31.2. The van der Waals surface area contributed by atoms with E-state index in [9.17, 15) is 14.6 Å². The molecule has 0 aromatic rings. The van der Waals surface area contributed by atoms with E-state index >= 15 is 0 Å². The van der Waals surface area contributed by atoms with Gasteiger partial charge in [0.25, 0.3) is 0 Å². The second-order valence-electron chi connectivity index (χ2n) is 4.22. The predicted molar refractivity (Wildman–Crippen MR) is 55.4 cm³/mol. The minimum Gasteiger partial charge on any atom is -0.393 e. The van der Waals surface area contributed by atoms with Crippen LogP contribution in [0.4, 0.5) is 0 Å². The van der Waals surface area contributed by atoms with Crippen LogP contribution in [0.25, 0.3) is 0 Å². The van der Waals surface area contributed by atoms with E-state index in [1.54, 1.807) is 0 Å². The van der Waals surface area contributed by atoms with Crippen molar-refractivity contribution in [3.63, 3.8) is 0 Å². The van der Waals surface area contributed by atoms with Gasteiger partial charge in [-0.3, -0.25) is 9.09 Å². The van der Waals surface area contributed by atoms with Crippen molar-refractivity contribution in [1.82, 2.24) is 0 Å². The van der Waals surface area contributed by atoms with Gasteiger partial charge < -0.3 is 19.5 Å². The molecule has 2 rings (SSSR count). The first kappa shape index (κ1) is 12.5. The highest BCUT2D eigenvalue weighted by molar-refractivity contribution is 7.51. The molecule has 2 N–H and O–H groups in total. The molecule has 2 bridgehead atoms. The molecule has 2 saturated heterocycles. The van der Waals surface area contributed by atoms with Crippen molar-refractivity contribution >= 4 is 15.4 Å². The third-order valence-corrected chi connectivity index (χ3v) is 3.54. The summed E-state index contributed by atoms with van der Waals surface area (Å²) in [7, 11) is 2.00. The number of hydrogen-bond donors (Lipinski definition) is 2. The first-order chi connectivity index (χ1) is 7.38. The lowest BCUT2D eigenvalue weighted by Crippen LogP contribution is -2.52. The second kappa shape index (κ2) is 4.08. The van der Waals surface area contributed by atoms with Gasteiger partial charge in [0.15, 0.2) is 0 Å². The molecule has 2 radical (unpaired) electrons. The Hall–Kier alpha value is 0.0949. The Labute approximate surface area is 94.8 Å². The van der Waals surface area contributed by atoms with Gasteiger partial charge in [0.05, 0.1) is 13.2 Å². The zero-order chi connectivity index (χ0) is 12.0. The fourth-order valence-electron chi connectivity index (χ4n) is 2.20. The Morgan fingerprint density at radius 2 is 2.38 bits per heavy atom. The molecule has 0 aromatic carbocycles. The first-order valence-electron chi connectivity index (χ1n) is 5.02. The summed E-state index contributed by atoms with van der Waals surface area (Å²) in [6.45, 7) is 1.15. The fourth-order valence-corrected chi connectivity index (χ4v) is 2.93. The van der Waals surface area contributed by atoms with E-state index in [-0.39, 0.29) is 6.61 Å². The largest absolute Gasteiger partial charge is 0.393 e. The average Bonchev–Trinajstić information content (AvgIpc) is 2.33. The van der Waals surface area contributed by atoms with E-state index in [2.05, 4.69) is 0 Å². The molecule has 0 aromatic heterocycles. The Bertz CT molecular complexity index is 320. The molecule has 8 heteroatoms. The molecule has 2 aliphatic heterocycles. The van der Waals surface area contributed by atoms with E-state index in [4.69, 9.17) is 21.8 Å². The third-order valence-electron chi connectivity index (χ3n) is 2.92. The van der Waals surface area contributed by atoms with Crippen LogP contribution < -0.4 is 0 Å². The summed E-state index contributed by atoms with van der Waals surface area (Å²) >= 11 is 0. The van der Waals surface area contributed by atoms with Gasteiger partial charge in [-0.1, -0.05) is 0 Å². The number of aliphatic hydroxyl groups is 1. The highest BCUT2D eigenvalue weighted by Gasteiger charge is 2.58. The smallest absolute Gasteiger partial charge is 0.325 e. The summed E-state index contributed by atoms with van der Waals surface area (Å²) in [5.41, 5.74) is -1.02. The van der Waals surface area contributed by atoms with Crippen molar-refractivity contribution in [3.05, 3.63) is 0 Å². The third kappa shape index (κ3) is 2.08. The minimum absolute atomic E-state index is 0.314. The van der Waals surface area contributed by atoms with Crippen LogP contribution in [0.15, 0.2) is 0 Å². The Balaban J connectivity index is 2.24. The van der Waals surface area contributed by atoms with Crippen LogP contribution >= 0.6 is 7.60 Å². The summed E-state index contributed by atoms with van der Waals surface area (Å²) in [6, 6.07) is -0.744. The summed E-state index contributed by atoms with van der Waals surface area (Å²) < 4.78 is 27.1. The van der Waals surface area contributed by atoms with Crippen molar-refractivity contribution in [1.29, 1.82) is 0 Å². The van der Waals surface area contributed by atoms with Crippen molar-refractivity contribution in [2.24, 2.45) is 0 Å². The number of ether oxygens (including phenoxy) is 2. The van der Waals surface area contributed by atoms with Gasteiger partial charge in [0, 0.05) is 19.1 Å². The molecule has 5 atom stereocenters. The van der Waals surface area contributed by atoms with Crippen LogP contribution in [0.1, 0.15) is 6.42 Å². The summed E-state index contributed by atoms with van der Waals surface area (Å²) in [5, 5.41) is 9.37. The van der Waals surface area contributed by atoms with Gasteiger partial charge in [0.1, 0.15) is 25.7 Å². The van der Waals surface area contributed by atoms with Crippen molar-refractivity contribution in [2.75, 3.05) is 19.9 Å². The SMILES string of the molecule is [B][C@@H]1O[C@@]2(CO)CCOC1C2OP(C)(=O)O. The molecule has 0 spiro atoms. The number of rotatable bonds is 3. The van der Waals surface area contributed by atoms with Crippen LogP contribution in [0.3, 0.4) is 0 Å².